The van der Waals surface area contributed by atoms with Crippen LogP contribution in [-0.4, -0.2) is 30.7 Å². The van der Waals surface area contributed by atoms with Crippen LogP contribution in [0.1, 0.15) is 21.7 Å². The smallest absolute Gasteiger partial charge is 0.336 e. The molecule has 0 saturated carbocycles. The lowest BCUT2D eigenvalue weighted by molar-refractivity contribution is 0.0697. The molecule has 0 aliphatic carbocycles. The number of hydrogen-bond donors (Lipinski definition) is 1. The topological polar surface area (TPSA) is 80.4 Å². The van der Waals surface area contributed by atoms with Crippen LogP contribution in [0, 0.1) is 13.8 Å². The van der Waals surface area contributed by atoms with E-state index in [-0.39, 0.29) is 5.56 Å². The van der Waals surface area contributed by atoms with Gasteiger partial charge in [-0.2, -0.15) is 0 Å². The Morgan fingerprint density at radius 2 is 1.95 bits per heavy atom. The molecule has 0 spiro atoms. The van der Waals surface area contributed by atoms with Gasteiger partial charge in [-0.05, 0) is 26.0 Å². The van der Waals surface area contributed by atoms with E-state index in [1.165, 1.54) is 0 Å². The van der Waals surface area contributed by atoms with Crippen molar-refractivity contribution in [1.82, 2.24) is 19.6 Å². The Morgan fingerprint density at radius 3 is 2.70 bits per heavy atom. The van der Waals surface area contributed by atoms with E-state index in [0.717, 1.165) is 11.4 Å². The summed E-state index contributed by atoms with van der Waals surface area (Å²) in [6.07, 6.45) is 0. The van der Waals surface area contributed by atoms with Crippen LogP contribution in [0.25, 0.3) is 17.2 Å². The molecule has 6 nitrogen and oxygen atoms in total. The summed E-state index contributed by atoms with van der Waals surface area (Å²) in [7, 11) is 0. The van der Waals surface area contributed by atoms with Gasteiger partial charge in [-0.25, -0.2) is 9.78 Å². The van der Waals surface area contributed by atoms with Crippen molar-refractivity contribution >= 4 is 11.7 Å². The number of benzene rings is 1. The molecule has 0 amide bonds. The molecule has 0 atom stereocenters. The van der Waals surface area contributed by atoms with Crippen molar-refractivity contribution in [2.75, 3.05) is 0 Å². The standard InChI is InChI=1S/C14H12N4O2/c1-8-7-9(2)18-12(16-17-14(18)15-8)10-5-3-4-6-11(10)13(19)20/h3-7H,1-2H3,(H,19,20). The number of carbonyl (C=O) groups is 1. The Kier molecular flexibility index (Phi) is 2.71. The highest BCUT2D eigenvalue weighted by Crippen LogP contribution is 2.23. The number of carboxylic acids is 1. The molecule has 0 fully saturated rings. The Hall–Kier alpha value is -2.76. The number of carboxylic acid groups (broad SMARTS) is 1. The van der Waals surface area contributed by atoms with Crippen LogP contribution in [0.15, 0.2) is 30.3 Å². The average molecular weight is 268 g/mol. The van der Waals surface area contributed by atoms with E-state index in [1.54, 1.807) is 28.7 Å². The summed E-state index contributed by atoms with van der Waals surface area (Å²) in [5, 5.41) is 17.4. The Balaban J connectivity index is 2.34. The van der Waals surface area contributed by atoms with Gasteiger partial charge in [0.2, 0.25) is 0 Å². The molecular formula is C14H12N4O2. The lowest BCUT2D eigenvalue weighted by atomic mass is 10.1. The Labute approximate surface area is 114 Å². The third-order valence-electron chi connectivity index (χ3n) is 3.09. The highest BCUT2D eigenvalue weighted by atomic mass is 16.4. The number of nitrogens with zero attached hydrogens (tertiary/aromatic N) is 4. The van der Waals surface area contributed by atoms with Gasteiger partial charge in [0.25, 0.3) is 5.78 Å². The molecule has 3 rings (SSSR count). The van der Waals surface area contributed by atoms with E-state index in [9.17, 15) is 9.90 Å². The van der Waals surface area contributed by atoms with Crippen molar-refractivity contribution in [2.45, 2.75) is 13.8 Å². The summed E-state index contributed by atoms with van der Waals surface area (Å²) in [5.74, 6) is -0.0317. The van der Waals surface area contributed by atoms with Gasteiger partial charge in [0.05, 0.1) is 5.56 Å². The van der Waals surface area contributed by atoms with E-state index in [1.807, 2.05) is 19.9 Å². The zero-order valence-corrected chi connectivity index (χ0v) is 11.0. The molecule has 0 aliphatic rings. The normalized spacial score (nSPS) is 10.9. The number of aromatic nitrogens is 4. The molecule has 1 aromatic carbocycles. The fourth-order valence-corrected chi connectivity index (χ4v) is 2.27. The highest BCUT2D eigenvalue weighted by molar-refractivity contribution is 5.95. The first-order valence-electron chi connectivity index (χ1n) is 6.10. The first-order valence-corrected chi connectivity index (χ1v) is 6.10. The zero-order valence-electron chi connectivity index (χ0n) is 11.0. The lowest BCUT2D eigenvalue weighted by Crippen LogP contribution is -2.03. The number of fused-ring (bicyclic) bond motifs is 1. The average Bonchev–Trinajstić information content (AvgIpc) is 2.82. The number of hydrogen-bond acceptors (Lipinski definition) is 4. The molecule has 0 bridgehead atoms. The number of aryl methyl sites for hydroxylation is 2. The van der Waals surface area contributed by atoms with Gasteiger partial charge in [-0.3, -0.25) is 4.40 Å². The van der Waals surface area contributed by atoms with Gasteiger partial charge >= 0.3 is 5.97 Å². The molecule has 20 heavy (non-hydrogen) atoms. The summed E-state index contributed by atoms with van der Waals surface area (Å²) >= 11 is 0. The largest absolute Gasteiger partial charge is 0.478 e. The van der Waals surface area contributed by atoms with Crippen LogP contribution in [0.3, 0.4) is 0 Å². The fraction of sp³-hybridized carbons (Fsp3) is 0.143. The van der Waals surface area contributed by atoms with Crippen LogP contribution in [0.2, 0.25) is 0 Å². The number of aromatic carboxylic acids is 1. The first kappa shape index (κ1) is 12.3. The van der Waals surface area contributed by atoms with E-state index in [2.05, 4.69) is 15.2 Å². The van der Waals surface area contributed by atoms with Crippen LogP contribution < -0.4 is 0 Å². The van der Waals surface area contributed by atoms with Gasteiger partial charge in [-0.1, -0.05) is 18.2 Å². The van der Waals surface area contributed by atoms with Crippen molar-refractivity contribution in [3.63, 3.8) is 0 Å². The fourth-order valence-electron chi connectivity index (χ4n) is 2.27. The molecule has 2 aromatic heterocycles. The highest BCUT2D eigenvalue weighted by Gasteiger charge is 2.17. The first-order chi connectivity index (χ1) is 9.58. The van der Waals surface area contributed by atoms with Crippen LogP contribution in [-0.2, 0) is 0 Å². The third-order valence-corrected chi connectivity index (χ3v) is 3.09. The van der Waals surface area contributed by atoms with E-state index < -0.39 is 5.97 Å². The molecule has 0 saturated heterocycles. The van der Waals surface area contributed by atoms with Crippen molar-refractivity contribution in [2.24, 2.45) is 0 Å². The number of rotatable bonds is 2. The molecule has 100 valence electrons. The van der Waals surface area contributed by atoms with Crippen LogP contribution in [0.5, 0.6) is 0 Å². The van der Waals surface area contributed by atoms with Crippen LogP contribution >= 0.6 is 0 Å². The zero-order chi connectivity index (χ0) is 14.3. The maximum atomic E-state index is 11.3. The van der Waals surface area contributed by atoms with Crippen molar-refractivity contribution in [3.8, 4) is 11.4 Å². The summed E-state index contributed by atoms with van der Waals surface area (Å²) in [5.41, 5.74) is 2.48. The predicted molar refractivity (Wildman–Crippen MR) is 72.7 cm³/mol. The summed E-state index contributed by atoms with van der Waals surface area (Å²) in [4.78, 5) is 15.6. The van der Waals surface area contributed by atoms with Gasteiger partial charge in [-0.15, -0.1) is 10.2 Å². The van der Waals surface area contributed by atoms with Crippen molar-refractivity contribution in [1.29, 1.82) is 0 Å². The summed E-state index contributed by atoms with van der Waals surface area (Å²) < 4.78 is 1.76. The van der Waals surface area contributed by atoms with Crippen molar-refractivity contribution in [3.05, 3.63) is 47.3 Å². The molecule has 0 radical (unpaired) electrons. The van der Waals surface area contributed by atoms with Crippen molar-refractivity contribution < 1.29 is 9.90 Å². The molecule has 0 unspecified atom stereocenters. The summed E-state index contributed by atoms with van der Waals surface area (Å²) in [6.45, 7) is 3.80. The lowest BCUT2D eigenvalue weighted by Gasteiger charge is -2.06. The maximum Gasteiger partial charge on any atom is 0.336 e. The maximum absolute atomic E-state index is 11.3. The van der Waals surface area contributed by atoms with E-state index in [0.29, 0.717) is 17.2 Å². The predicted octanol–water partition coefficient (Wildman–Crippen LogP) is 2.11. The van der Waals surface area contributed by atoms with E-state index in [4.69, 9.17) is 0 Å². The molecule has 3 aromatic rings. The second-order valence-electron chi connectivity index (χ2n) is 4.55. The second-order valence-corrected chi connectivity index (χ2v) is 4.55. The minimum atomic E-state index is -0.991. The molecular weight excluding hydrogens is 256 g/mol. The summed E-state index contributed by atoms with van der Waals surface area (Å²) in [6, 6.07) is 8.64. The Bertz CT molecular complexity index is 823. The third kappa shape index (κ3) is 1.82. The molecule has 1 N–H and O–H groups in total. The second kappa shape index (κ2) is 4.41. The SMILES string of the molecule is Cc1cc(C)n2c(-c3ccccc3C(=O)O)nnc2n1. The quantitative estimate of drug-likeness (QED) is 0.769. The van der Waals surface area contributed by atoms with Gasteiger partial charge in [0, 0.05) is 17.0 Å². The monoisotopic (exact) mass is 268 g/mol. The van der Waals surface area contributed by atoms with Crippen LogP contribution in [0.4, 0.5) is 0 Å². The van der Waals surface area contributed by atoms with E-state index >= 15 is 0 Å². The minimum Gasteiger partial charge on any atom is -0.478 e. The van der Waals surface area contributed by atoms with Gasteiger partial charge < -0.3 is 5.11 Å². The van der Waals surface area contributed by atoms with Gasteiger partial charge in [0.15, 0.2) is 5.82 Å². The Morgan fingerprint density at radius 1 is 1.20 bits per heavy atom. The van der Waals surface area contributed by atoms with Gasteiger partial charge in [0.1, 0.15) is 0 Å². The molecule has 0 aliphatic heterocycles. The minimum absolute atomic E-state index is 0.196. The molecule has 2 heterocycles. The molecule has 6 heteroatoms.